The summed E-state index contributed by atoms with van der Waals surface area (Å²) in [6.45, 7) is 12.2. The summed E-state index contributed by atoms with van der Waals surface area (Å²) in [4.78, 5) is 35.2. The Morgan fingerprint density at radius 2 is 1.62 bits per heavy atom. The van der Waals surface area contributed by atoms with Crippen molar-refractivity contribution in [1.29, 1.82) is 0 Å². The molecular formula is C35H43F3N4O5. The van der Waals surface area contributed by atoms with Crippen LogP contribution < -0.4 is 19.7 Å². The van der Waals surface area contributed by atoms with E-state index in [-0.39, 0.29) is 24.3 Å². The highest BCUT2D eigenvalue weighted by Crippen LogP contribution is 2.33. The van der Waals surface area contributed by atoms with Gasteiger partial charge in [0.1, 0.15) is 17.5 Å². The predicted molar refractivity (Wildman–Crippen MR) is 173 cm³/mol. The second-order valence-corrected chi connectivity index (χ2v) is 13.2. The first kappa shape index (κ1) is 35.5. The first-order chi connectivity index (χ1) is 22.0. The summed E-state index contributed by atoms with van der Waals surface area (Å²) in [5, 5.41) is 2.45. The topological polar surface area (TPSA) is 103 Å². The lowest BCUT2D eigenvalue weighted by Crippen LogP contribution is -2.42. The fourth-order valence-electron chi connectivity index (χ4n) is 5.17. The molecule has 2 heterocycles. The third kappa shape index (κ3) is 10.3. The number of piperidine rings is 1. The number of alkyl halides is 3. The number of amides is 1. The number of nitrogens with one attached hydrogen (secondary N) is 1. The molecule has 1 aliphatic heterocycles. The molecule has 0 saturated carbocycles. The van der Waals surface area contributed by atoms with E-state index in [0.717, 1.165) is 11.6 Å². The maximum absolute atomic E-state index is 13.9. The molecule has 0 radical (unpaired) electrons. The lowest BCUT2D eigenvalue weighted by atomic mass is 9.85. The lowest BCUT2D eigenvalue weighted by molar-refractivity contribution is -0.165. The number of rotatable bonds is 11. The maximum Gasteiger partial charge on any atom is 0.433 e. The second-order valence-electron chi connectivity index (χ2n) is 13.2. The zero-order chi connectivity index (χ0) is 34.4. The number of benzene rings is 2. The molecule has 1 fully saturated rings. The van der Waals surface area contributed by atoms with E-state index in [4.69, 9.17) is 14.2 Å². The van der Waals surface area contributed by atoms with Gasteiger partial charge in [-0.05, 0) is 84.1 Å². The SMILES string of the molecule is CCOc1ccccc1O[C@@H]1CCCN(c2cc(C(F)(F)F)nc(NC(=O)Cc3ccc(CC(C)(C)C(=O)OC(C)(C)C)cc3)n2)C1. The van der Waals surface area contributed by atoms with Crippen LogP contribution in [0.25, 0.3) is 0 Å². The largest absolute Gasteiger partial charge is 0.490 e. The van der Waals surface area contributed by atoms with E-state index in [1.165, 1.54) is 0 Å². The van der Waals surface area contributed by atoms with Crippen LogP contribution >= 0.6 is 0 Å². The number of hydrogen-bond acceptors (Lipinski definition) is 8. The first-order valence-electron chi connectivity index (χ1n) is 15.7. The van der Waals surface area contributed by atoms with Gasteiger partial charge in [0.05, 0.1) is 25.0 Å². The third-order valence-corrected chi connectivity index (χ3v) is 7.38. The molecule has 0 spiro atoms. The average molecular weight is 657 g/mol. The summed E-state index contributed by atoms with van der Waals surface area (Å²) >= 11 is 0. The smallest absolute Gasteiger partial charge is 0.433 e. The molecule has 0 bridgehead atoms. The Morgan fingerprint density at radius 3 is 2.26 bits per heavy atom. The summed E-state index contributed by atoms with van der Waals surface area (Å²) in [5.41, 5.74) is -1.01. The number of halogens is 3. The maximum atomic E-state index is 13.9. The van der Waals surface area contributed by atoms with Gasteiger partial charge in [-0.25, -0.2) is 4.98 Å². The fourth-order valence-corrected chi connectivity index (χ4v) is 5.17. The van der Waals surface area contributed by atoms with Crippen LogP contribution in [-0.4, -0.2) is 53.2 Å². The van der Waals surface area contributed by atoms with Crippen molar-refractivity contribution >= 4 is 23.6 Å². The van der Waals surface area contributed by atoms with Crippen LogP contribution in [0.3, 0.4) is 0 Å². The summed E-state index contributed by atoms with van der Waals surface area (Å²) < 4.78 is 59.0. The highest BCUT2D eigenvalue weighted by Gasteiger charge is 2.36. The Balaban J connectivity index is 1.43. The van der Waals surface area contributed by atoms with Crippen molar-refractivity contribution in [3.63, 3.8) is 0 Å². The van der Waals surface area contributed by atoms with Crippen molar-refractivity contribution in [2.45, 2.75) is 85.1 Å². The average Bonchev–Trinajstić information content (AvgIpc) is 2.98. The number of esters is 1. The minimum atomic E-state index is -4.75. The quantitative estimate of drug-likeness (QED) is 0.220. The normalized spacial score (nSPS) is 15.6. The van der Waals surface area contributed by atoms with Gasteiger partial charge in [0, 0.05) is 12.6 Å². The van der Waals surface area contributed by atoms with Crippen molar-refractivity contribution < 1.29 is 37.0 Å². The number of carbonyl (C=O) groups is 2. The van der Waals surface area contributed by atoms with Crippen LogP contribution in [0.15, 0.2) is 54.6 Å². The molecule has 0 unspecified atom stereocenters. The Labute approximate surface area is 273 Å². The van der Waals surface area contributed by atoms with Gasteiger partial charge >= 0.3 is 12.1 Å². The van der Waals surface area contributed by atoms with Crippen LogP contribution in [0.1, 0.15) is 71.2 Å². The highest BCUT2D eigenvalue weighted by atomic mass is 19.4. The number of para-hydroxylation sites is 2. The lowest BCUT2D eigenvalue weighted by Gasteiger charge is -2.34. The second kappa shape index (κ2) is 14.6. The molecule has 1 amide bonds. The molecule has 1 aromatic heterocycles. The van der Waals surface area contributed by atoms with Crippen molar-refractivity contribution in [2.75, 3.05) is 29.9 Å². The fraction of sp³-hybridized carbons (Fsp3) is 0.486. The van der Waals surface area contributed by atoms with Crippen LogP contribution in [0, 0.1) is 5.41 Å². The Kier molecular flexibility index (Phi) is 11.0. The van der Waals surface area contributed by atoms with Crippen LogP contribution in [0.2, 0.25) is 0 Å². The van der Waals surface area contributed by atoms with E-state index in [1.807, 2.05) is 65.8 Å². The summed E-state index contributed by atoms with van der Waals surface area (Å²) in [7, 11) is 0. The molecular weight excluding hydrogens is 613 g/mol. The van der Waals surface area contributed by atoms with E-state index in [0.29, 0.717) is 56.0 Å². The zero-order valence-corrected chi connectivity index (χ0v) is 27.7. The zero-order valence-electron chi connectivity index (χ0n) is 27.7. The standard InChI is InChI=1S/C35H43F3N4O5/c1-7-45-26-12-8-9-13-27(26)46-25-11-10-18-42(22-25)29-20-28(35(36,37)38)39-32(40-29)41-30(43)19-23-14-16-24(17-15-23)21-34(5,6)31(44)47-33(2,3)4/h8-9,12-17,20,25H,7,10-11,18-19,21-22H2,1-6H3,(H,39,40,41,43)/t25-/m1/s1. The third-order valence-electron chi connectivity index (χ3n) is 7.38. The van der Waals surface area contributed by atoms with Gasteiger partial charge in [-0.3, -0.25) is 14.9 Å². The molecule has 1 saturated heterocycles. The van der Waals surface area contributed by atoms with Crippen molar-refractivity contribution in [3.8, 4) is 11.5 Å². The molecule has 4 rings (SSSR count). The van der Waals surface area contributed by atoms with E-state index in [2.05, 4.69) is 15.3 Å². The van der Waals surface area contributed by atoms with Gasteiger partial charge in [0.15, 0.2) is 17.2 Å². The van der Waals surface area contributed by atoms with Gasteiger partial charge in [-0.15, -0.1) is 0 Å². The Morgan fingerprint density at radius 1 is 0.957 bits per heavy atom. The van der Waals surface area contributed by atoms with E-state index < -0.39 is 34.7 Å². The van der Waals surface area contributed by atoms with Crippen LogP contribution in [0.5, 0.6) is 11.5 Å². The molecule has 254 valence electrons. The minimum Gasteiger partial charge on any atom is -0.490 e. The Hall–Kier alpha value is -4.35. The van der Waals surface area contributed by atoms with Crippen molar-refractivity contribution in [1.82, 2.24) is 9.97 Å². The van der Waals surface area contributed by atoms with E-state index >= 15 is 0 Å². The van der Waals surface area contributed by atoms with Gasteiger partial charge < -0.3 is 19.1 Å². The number of nitrogens with zero attached hydrogens (tertiary/aromatic N) is 3. The van der Waals surface area contributed by atoms with Gasteiger partial charge in [0.25, 0.3) is 0 Å². The van der Waals surface area contributed by atoms with Gasteiger partial charge in [0.2, 0.25) is 11.9 Å². The Bertz CT molecular complexity index is 1540. The van der Waals surface area contributed by atoms with Crippen LogP contribution in [0.4, 0.5) is 24.9 Å². The first-order valence-corrected chi connectivity index (χ1v) is 15.7. The summed E-state index contributed by atoms with van der Waals surface area (Å²) in [5.74, 6) is -0.102. The predicted octanol–water partition coefficient (Wildman–Crippen LogP) is 7.03. The monoisotopic (exact) mass is 656 g/mol. The molecule has 2 aromatic carbocycles. The number of aromatic nitrogens is 2. The molecule has 1 aliphatic rings. The molecule has 47 heavy (non-hydrogen) atoms. The molecule has 0 aliphatic carbocycles. The highest BCUT2D eigenvalue weighted by molar-refractivity contribution is 5.90. The van der Waals surface area contributed by atoms with Gasteiger partial charge in [-0.1, -0.05) is 36.4 Å². The number of carbonyl (C=O) groups excluding carboxylic acids is 2. The molecule has 3 aromatic rings. The molecule has 9 nitrogen and oxygen atoms in total. The number of anilines is 2. The van der Waals surface area contributed by atoms with Crippen molar-refractivity contribution in [2.24, 2.45) is 5.41 Å². The number of ether oxygens (including phenoxy) is 3. The van der Waals surface area contributed by atoms with E-state index in [9.17, 15) is 22.8 Å². The minimum absolute atomic E-state index is 0.0472. The summed E-state index contributed by atoms with van der Waals surface area (Å²) in [6.07, 6.45) is -3.37. The van der Waals surface area contributed by atoms with E-state index in [1.54, 1.807) is 29.2 Å². The van der Waals surface area contributed by atoms with Crippen LogP contribution in [-0.2, 0) is 33.3 Å². The number of hydrogen-bond donors (Lipinski definition) is 1. The van der Waals surface area contributed by atoms with Crippen molar-refractivity contribution in [3.05, 3.63) is 71.4 Å². The van der Waals surface area contributed by atoms with Gasteiger partial charge in [-0.2, -0.15) is 18.2 Å². The molecule has 1 atom stereocenters. The summed E-state index contributed by atoms with van der Waals surface area (Å²) in [6, 6.07) is 15.3. The molecule has 1 N–H and O–H groups in total. The molecule has 12 heteroatoms.